The average Bonchev–Trinajstić information content (AvgIpc) is 3.64. The van der Waals surface area contributed by atoms with Crippen LogP contribution in [0.25, 0.3) is 39.0 Å². The molecule has 252 valence electrons. The zero-order chi connectivity index (χ0) is 35.1. The highest BCUT2D eigenvalue weighted by Crippen LogP contribution is 2.37. The number of aldehydes is 1. The largest absolute Gasteiger partial charge is 0.444 e. The second-order valence-corrected chi connectivity index (χ2v) is 14.2. The summed E-state index contributed by atoms with van der Waals surface area (Å²) >= 11 is 0. The molecule has 3 heterocycles. The van der Waals surface area contributed by atoms with Crippen LogP contribution in [0.2, 0.25) is 0 Å². The predicted octanol–water partition coefficient (Wildman–Crippen LogP) is 7.95. The minimum absolute atomic E-state index is 0.0236. The SMILES string of the molecule is Cc1c(-c2ccc(C=O)cc2)cccc1-c1cccc(-c2ccn3nc(CN(C(=O)OC(C)(C)C)[C@@H](C)[C@]4(C)CCC(=O)N4)nc3c2)c1C. The molecule has 0 spiro atoms. The molecule has 49 heavy (non-hydrogen) atoms. The Kier molecular flexibility index (Phi) is 8.88. The molecule has 1 fully saturated rings. The summed E-state index contributed by atoms with van der Waals surface area (Å²) in [5, 5.41) is 7.77. The number of rotatable bonds is 8. The van der Waals surface area contributed by atoms with Gasteiger partial charge in [-0.15, -0.1) is 5.10 Å². The second-order valence-electron chi connectivity index (χ2n) is 14.2. The van der Waals surface area contributed by atoms with Gasteiger partial charge in [-0.25, -0.2) is 14.3 Å². The van der Waals surface area contributed by atoms with Crippen molar-refractivity contribution in [3.8, 4) is 33.4 Å². The van der Waals surface area contributed by atoms with Crippen molar-refractivity contribution in [3.63, 3.8) is 0 Å². The Labute approximate surface area is 287 Å². The van der Waals surface area contributed by atoms with E-state index < -0.39 is 17.2 Å². The number of carbonyl (C=O) groups excluding carboxylic acids is 3. The van der Waals surface area contributed by atoms with Crippen molar-refractivity contribution in [2.75, 3.05) is 0 Å². The fourth-order valence-electron chi connectivity index (χ4n) is 6.69. The Hall–Kier alpha value is -5.31. The van der Waals surface area contributed by atoms with Crippen molar-refractivity contribution in [2.45, 2.75) is 85.0 Å². The van der Waals surface area contributed by atoms with E-state index in [1.54, 1.807) is 9.42 Å². The predicted molar refractivity (Wildman–Crippen MR) is 191 cm³/mol. The minimum Gasteiger partial charge on any atom is -0.444 e. The number of nitrogens with zero attached hydrogens (tertiary/aromatic N) is 4. The number of ether oxygens (including phenoxy) is 1. The fraction of sp³-hybridized carbons (Fsp3) is 0.325. The molecular formula is C40H43N5O4. The lowest BCUT2D eigenvalue weighted by molar-refractivity contribution is -0.120. The van der Waals surface area contributed by atoms with Gasteiger partial charge in [-0.3, -0.25) is 14.5 Å². The van der Waals surface area contributed by atoms with Crippen molar-refractivity contribution in [1.29, 1.82) is 0 Å². The van der Waals surface area contributed by atoms with Gasteiger partial charge in [-0.05, 0) is 112 Å². The van der Waals surface area contributed by atoms with Gasteiger partial charge in [0.15, 0.2) is 11.5 Å². The van der Waals surface area contributed by atoms with Crippen LogP contribution >= 0.6 is 0 Å². The normalized spacial score (nSPS) is 16.8. The zero-order valence-corrected chi connectivity index (χ0v) is 29.2. The van der Waals surface area contributed by atoms with Gasteiger partial charge in [0.2, 0.25) is 5.91 Å². The van der Waals surface area contributed by atoms with Crippen molar-refractivity contribution < 1.29 is 19.1 Å². The van der Waals surface area contributed by atoms with E-state index >= 15 is 0 Å². The Morgan fingerprint density at radius 2 is 1.59 bits per heavy atom. The van der Waals surface area contributed by atoms with Gasteiger partial charge >= 0.3 is 6.09 Å². The van der Waals surface area contributed by atoms with Gasteiger partial charge in [0, 0.05) is 18.2 Å². The summed E-state index contributed by atoms with van der Waals surface area (Å²) in [5.74, 6) is 0.450. The molecule has 1 aliphatic rings. The topological polar surface area (TPSA) is 106 Å². The van der Waals surface area contributed by atoms with E-state index in [1.165, 1.54) is 0 Å². The molecule has 2 atom stereocenters. The van der Waals surface area contributed by atoms with Gasteiger partial charge in [0.1, 0.15) is 11.9 Å². The molecule has 1 N–H and O–H groups in total. The highest BCUT2D eigenvalue weighted by Gasteiger charge is 2.43. The maximum atomic E-state index is 13.5. The second kappa shape index (κ2) is 13.0. The van der Waals surface area contributed by atoms with E-state index in [1.807, 2.05) is 77.2 Å². The van der Waals surface area contributed by atoms with Crippen LogP contribution in [-0.4, -0.2) is 55.0 Å². The van der Waals surface area contributed by atoms with Crippen LogP contribution in [0.1, 0.15) is 74.8 Å². The number of carbonyl (C=O) groups is 3. The van der Waals surface area contributed by atoms with Gasteiger partial charge in [-0.1, -0.05) is 60.7 Å². The first-order valence-electron chi connectivity index (χ1n) is 16.7. The number of benzene rings is 3. The summed E-state index contributed by atoms with van der Waals surface area (Å²) in [6.45, 7) is 13.8. The summed E-state index contributed by atoms with van der Waals surface area (Å²) < 4.78 is 7.51. The highest BCUT2D eigenvalue weighted by atomic mass is 16.6. The van der Waals surface area contributed by atoms with Crippen LogP contribution in [0.4, 0.5) is 4.79 Å². The van der Waals surface area contributed by atoms with Crippen molar-refractivity contribution in [3.05, 3.63) is 102 Å². The minimum atomic E-state index is -0.689. The number of amides is 2. The molecule has 6 rings (SSSR count). The maximum Gasteiger partial charge on any atom is 0.411 e. The third kappa shape index (κ3) is 6.84. The number of aromatic nitrogens is 3. The molecule has 0 aliphatic carbocycles. The average molecular weight is 658 g/mol. The number of hydrogen-bond donors (Lipinski definition) is 1. The van der Waals surface area contributed by atoms with Gasteiger partial charge < -0.3 is 10.1 Å². The van der Waals surface area contributed by atoms with E-state index in [-0.39, 0.29) is 18.5 Å². The number of hydrogen-bond acceptors (Lipinski definition) is 6. The standard InChI is InChI=1S/C40H43N5O4/c1-25-31(29-16-14-28(24-46)15-17-29)10-8-12-33(25)34-13-9-11-32(26(34)2)30-19-21-45-36(22-30)41-35(43-45)23-44(38(48)49-39(4,5)6)27(3)40(7)20-18-37(47)42-40/h8-17,19,21-22,24,27H,18,20,23H2,1-7H3,(H,42,47)/t27-,40-/m0/s1. The van der Waals surface area contributed by atoms with E-state index in [9.17, 15) is 14.4 Å². The van der Waals surface area contributed by atoms with Crippen LogP contribution in [0.3, 0.4) is 0 Å². The molecule has 2 aromatic heterocycles. The van der Waals surface area contributed by atoms with Crippen molar-refractivity contribution in [1.82, 2.24) is 24.8 Å². The van der Waals surface area contributed by atoms with E-state index in [0.29, 0.717) is 29.9 Å². The summed E-state index contributed by atoms with van der Waals surface area (Å²) in [6, 6.07) is 24.0. The lowest BCUT2D eigenvalue weighted by Crippen LogP contribution is -2.57. The first-order chi connectivity index (χ1) is 23.3. The third-order valence-corrected chi connectivity index (χ3v) is 9.63. The van der Waals surface area contributed by atoms with Crippen LogP contribution in [-0.2, 0) is 16.1 Å². The number of nitrogens with one attached hydrogen (secondary N) is 1. The Morgan fingerprint density at radius 3 is 2.16 bits per heavy atom. The van der Waals surface area contributed by atoms with Crippen LogP contribution in [0, 0.1) is 13.8 Å². The molecule has 3 aromatic carbocycles. The first-order valence-corrected chi connectivity index (χ1v) is 16.7. The molecular weight excluding hydrogens is 614 g/mol. The molecule has 2 amide bonds. The van der Waals surface area contributed by atoms with Gasteiger partial charge in [-0.2, -0.15) is 0 Å². The Balaban J connectivity index is 1.31. The molecule has 0 unspecified atom stereocenters. The molecule has 9 heteroatoms. The maximum absolute atomic E-state index is 13.5. The van der Waals surface area contributed by atoms with E-state index in [0.717, 1.165) is 50.8 Å². The lowest BCUT2D eigenvalue weighted by atomic mass is 9.88. The van der Waals surface area contributed by atoms with Crippen molar-refractivity contribution in [2.24, 2.45) is 0 Å². The Morgan fingerprint density at radius 1 is 0.980 bits per heavy atom. The highest BCUT2D eigenvalue weighted by molar-refractivity contribution is 5.85. The molecule has 5 aromatic rings. The smallest absolute Gasteiger partial charge is 0.411 e. The van der Waals surface area contributed by atoms with E-state index in [4.69, 9.17) is 14.8 Å². The monoisotopic (exact) mass is 657 g/mol. The molecule has 0 radical (unpaired) electrons. The quantitative estimate of drug-likeness (QED) is 0.170. The molecule has 1 aliphatic heterocycles. The summed E-state index contributed by atoms with van der Waals surface area (Å²) in [7, 11) is 0. The first kappa shape index (κ1) is 33.6. The summed E-state index contributed by atoms with van der Waals surface area (Å²) in [6.07, 6.45) is 3.30. The number of fused-ring (bicyclic) bond motifs is 1. The zero-order valence-electron chi connectivity index (χ0n) is 29.2. The van der Waals surface area contributed by atoms with Gasteiger partial charge in [0.05, 0.1) is 18.1 Å². The van der Waals surface area contributed by atoms with Gasteiger partial charge in [0.25, 0.3) is 0 Å². The molecule has 1 saturated heterocycles. The van der Waals surface area contributed by atoms with Crippen LogP contribution < -0.4 is 5.32 Å². The Bertz CT molecular complexity index is 2060. The van der Waals surface area contributed by atoms with Crippen LogP contribution in [0.15, 0.2) is 79.0 Å². The molecule has 0 saturated carbocycles. The van der Waals surface area contributed by atoms with E-state index in [2.05, 4.69) is 55.6 Å². The molecule has 9 nitrogen and oxygen atoms in total. The third-order valence-electron chi connectivity index (χ3n) is 9.63. The van der Waals surface area contributed by atoms with Crippen LogP contribution in [0.5, 0.6) is 0 Å². The number of pyridine rings is 1. The lowest BCUT2D eigenvalue weighted by Gasteiger charge is -2.39. The molecule has 0 bridgehead atoms. The summed E-state index contributed by atoms with van der Waals surface area (Å²) in [4.78, 5) is 43.3. The fourth-order valence-corrected chi connectivity index (χ4v) is 6.69. The van der Waals surface area contributed by atoms with Crippen molar-refractivity contribution >= 4 is 23.9 Å². The summed E-state index contributed by atoms with van der Waals surface area (Å²) in [5.41, 5.74) is 8.88.